The van der Waals surface area contributed by atoms with Gasteiger partial charge in [-0.2, -0.15) is 0 Å². The lowest BCUT2D eigenvalue weighted by Crippen LogP contribution is -2.57. The minimum Gasteiger partial charge on any atom is -0.368 e. The quantitative estimate of drug-likeness (QED) is 0.302. The van der Waals surface area contributed by atoms with Crippen LogP contribution in [0.25, 0.3) is 0 Å². The molecule has 3 aromatic rings. The van der Waals surface area contributed by atoms with Crippen LogP contribution in [0.3, 0.4) is 0 Å². The fraction of sp³-hybridized carbons (Fsp3) is 0.438. The summed E-state index contributed by atoms with van der Waals surface area (Å²) in [5, 5.41) is 0. The fourth-order valence-electron chi connectivity index (χ4n) is 5.08. The maximum atomic E-state index is 6.58. The molecule has 3 aromatic carbocycles. The van der Waals surface area contributed by atoms with Gasteiger partial charge in [0, 0.05) is 0 Å². The van der Waals surface area contributed by atoms with Gasteiger partial charge in [-0.3, -0.25) is 0 Å². The number of rotatable bonds is 11. The second-order valence-corrected chi connectivity index (χ2v) is 9.96. The maximum Gasteiger partial charge on any atom is 0.186 e. The van der Waals surface area contributed by atoms with Gasteiger partial charge < -0.3 is 23.7 Å². The van der Waals surface area contributed by atoms with Gasteiger partial charge in [0.1, 0.15) is 18.3 Å². The Labute approximate surface area is 220 Å². The van der Waals surface area contributed by atoms with Crippen LogP contribution in [0.1, 0.15) is 48.8 Å². The predicted molar refractivity (Wildman–Crippen MR) is 143 cm³/mol. The standard InChI is InChI=1S/C32H38O5/c1-5-13-25(14-6-1)21-33-29-24-36-32(37-28-19-11-4-12-20-28)31(35-23-27-17-9-3-10-18-27)30(29)34-22-26-15-7-2-8-16-26/h1-3,5-10,13-18,28-32H,4,11-12,19-24H2/t29-,30?,31?,32+/m1/s1. The molecule has 2 fully saturated rings. The molecule has 5 heteroatoms. The minimum atomic E-state index is -0.496. The molecule has 1 aliphatic carbocycles. The molecule has 2 aliphatic rings. The fourth-order valence-corrected chi connectivity index (χ4v) is 5.08. The Morgan fingerprint density at radius 3 is 1.59 bits per heavy atom. The molecule has 37 heavy (non-hydrogen) atoms. The zero-order chi connectivity index (χ0) is 25.1. The molecule has 0 radical (unpaired) electrons. The van der Waals surface area contributed by atoms with Crippen LogP contribution in [-0.2, 0) is 43.5 Å². The third kappa shape index (κ3) is 7.73. The summed E-state index contributed by atoms with van der Waals surface area (Å²) in [5.74, 6) is 0. The third-order valence-corrected chi connectivity index (χ3v) is 7.14. The van der Waals surface area contributed by atoms with Crippen LogP contribution in [-0.4, -0.2) is 37.3 Å². The number of hydrogen-bond acceptors (Lipinski definition) is 5. The van der Waals surface area contributed by atoms with Crippen LogP contribution in [0.2, 0.25) is 0 Å². The van der Waals surface area contributed by atoms with Crippen molar-refractivity contribution in [2.75, 3.05) is 6.61 Å². The van der Waals surface area contributed by atoms with Gasteiger partial charge in [0.2, 0.25) is 0 Å². The summed E-state index contributed by atoms with van der Waals surface area (Å²) in [5.41, 5.74) is 3.34. The lowest BCUT2D eigenvalue weighted by molar-refractivity contribution is -0.310. The van der Waals surface area contributed by atoms with E-state index in [0.717, 1.165) is 29.5 Å². The number of benzene rings is 3. The average molecular weight is 503 g/mol. The molecule has 1 saturated carbocycles. The van der Waals surface area contributed by atoms with Crippen molar-refractivity contribution >= 4 is 0 Å². The van der Waals surface area contributed by atoms with Gasteiger partial charge >= 0.3 is 0 Å². The van der Waals surface area contributed by atoms with Crippen LogP contribution in [0.4, 0.5) is 0 Å². The first kappa shape index (κ1) is 26.1. The smallest absolute Gasteiger partial charge is 0.186 e. The summed E-state index contributed by atoms with van der Waals surface area (Å²) >= 11 is 0. The van der Waals surface area contributed by atoms with Crippen molar-refractivity contribution in [3.05, 3.63) is 108 Å². The van der Waals surface area contributed by atoms with Gasteiger partial charge in [0.25, 0.3) is 0 Å². The largest absolute Gasteiger partial charge is 0.368 e. The zero-order valence-electron chi connectivity index (χ0n) is 21.5. The Morgan fingerprint density at radius 2 is 1.05 bits per heavy atom. The summed E-state index contributed by atoms with van der Waals surface area (Å²) in [6, 6.07) is 30.7. The van der Waals surface area contributed by atoms with Crippen molar-refractivity contribution in [3.8, 4) is 0 Å². The highest BCUT2D eigenvalue weighted by Crippen LogP contribution is 2.30. The van der Waals surface area contributed by atoms with E-state index in [1.54, 1.807) is 0 Å². The molecule has 0 spiro atoms. The van der Waals surface area contributed by atoms with E-state index in [1.165, 1.54) is 19.3 Å². The molecule has 1 heterocycles. The van der Waals surface area contributed by atoms with Crippen molar-refractivity contribution in [2.45, 2.75) is 82.6 Å². The second kappa shape index (κ2) is 13.8. The maximum absolute atomic E-state index is 6.58. The Hall–Kier alpha value is -2.54. The van der Waals surface area contributed by atoms with Gasteiger partial charge in [-0.05, 0) is 29.5 Å². The summed E-state index contributed by atoms with van der Waals surface area (Å²) in [7, 11) is 0. The molecule has 0 amide bonds. The van der Waals surface area contributed by atoms with Crippen LogP contribution < -0.4 is 0 Å². The number of hydrogen-bond donors (Lipinski definition) is 0. The molecule has 4 atom stereocenters. The highest BCUT2D eigenvalue weighted by molar-refractivity contribution is 5.15. The lowest BCUT2D eigenvalue weighted by Gasteiger charge is -2.43. The molecule has 1 saturated heterocycles. The first-order valence-electron chi connectivity index (χ1n) is 13.6. The van der Waals surface area contributed by atoms with Gasteiger partial charge in [-0.25, -0.2) is 0 Å². The van der Waals surface area contributed by atoms with E-state index in [0.29, 0.717) is 26.4 Å². The highest BCUT2D eigenvalue weighted by atomic mass is 16.7. The molecule has 0 bridgehead atoms. The Bertz CT molecular complexity index is 1020. The zero-order valence-corrected chi connectivity index (χ0v) is 21.5. The molecular formula is C32H38O5. The summed E-state index contributed by atoms with van der Waals surface area (Å²) < 4.78 is 32.4. The second-order valence-electron chi connectivity index (χ2n) is 9.96. The van der Waals surface area contributed by atoms with Crippen molar-refractivity contribution in [1.82, 2.24) is 0 Å². The van der Waals surface area contributed by atoms with Crippen LogP contribution in [0, 0.1) is 0 Å². The van der Waals surface area contributed by atoms with E-state index in [9.17, 15) is 0 Å². The third-order valence-electron chi connectivity index (χ3n) is 7.14. The predicted octanol–water partition coefficient (Wildman–Crippen LogP) is 6.45. The molecule has 0 aromatic heterocycles. The molecular weight excluding hydrogens is 464 g/mol. The Kier molecular flexibility index (Phi) is 9.76. The van der Waals surface area contributed by atoms with E-state index in [4.69, 9.17) is 23.7 Å². The first-order chi connectivity index (χ1) is 18.3. The van der Waals surface area contributed by atoms with Crippen molar-refractivity contribution in [3.63, 3.8) is 0 Å². The van der Waals surface area contributed by atoms with Gasteiger partial charge in [-0.1, -0.05) is 110 Å². The van der Waals surface area contributed by atoms with Gasteiger partial charge in [0.05, 0.1) is 32.5 Å². The number of ether oxygens (including phenoxy) is 5. The average Bonchev–Trinajstić information content (AvgIpc) is 2.97. The first-order valence-corrected chi connectivity index (χ1v) is 13.6. The molecule has 196 valence electrons. The lowest BCUT2D eigenvalue weighted by atomic mass is 9.97. The van der Waals surface area contributed by atoms with Crippen molar-refractivity contribution in [1.29, 1.82) is 0 Å². The molecule has 1 aliphatic heterocycles. The normalized spacial score (nSPS) is 24.6. The SMILES string of the molecule is c1ccc(COC2C(OCc3ccccc3)[C@H](OCc3ccccc3)CO[C@H]2OC2CCCCC2)cc1. The summed E-state index contributed by atoms with van der Waals surface area (Å²) in [4.78, 5) is 0. The van der Waals surface area contributed by atoms with Crippen LogP contribution >= 0.6 is 0 Å². The topological polar surface area (TPSA) is 46.2 Å². The Morgan fingerprint density at radius 1 is 0.568 bits per heavy atom. The molecule has 5 rings (SSSR count). The monoisotopic (exact) mass is 502 g/mol. The van der Waals surface area contributed by atoms with Gasteiger partial charge in [-0.15, -0.1) is 0 Å². The van der Waals surface area contributed by atoms with Gasteiger partial charge in [0.15, 0.2) is 6.29 Å². The van der Waals surface area contributed by atoms with Crippen LogP contribution in [0.5, 0.6) is 0 Å². The summed E-state index contributed by atoms with van der Waals surface area (Å²) in [6.45, 7) is 1.81. The van der Waals surface area contributed by atoms with Crippen molar-refractivity contribution in [2.24, 2.45) is 0 Å². The Balaban J connectivity index is 1.34. The van der Waals surface area contributed by atoms with E-state index < -0.39 is 12.4 Å². The van der Waals surface area contributed by atoms with Crippen molar-refractivity contribution < 1.29 is 23.7 Å². The minimum absolute atomic E-state index is 0.193. The van der Waals surface area contributed by atoms with Crippen LogP contribution in [0.15, 0.2) is 91.0 Å². The highest BCUT2D eigenvalue weighted by Gasteiger charge is 2.44. The molecule has 2 unspecified atom stereocenters. The van der Waals surface area contributed by atoms with E-state index in [-0.39, 0.29) is 18.3 Å². The molecule has 0 N–H and O–H groups in total. The molecule has 5 nitrogen and oxygen atoms in total. The van der Waals surface area contributed by atoms with E-state index >= 15 is 0 Å². The van der Waals surface area contributed by atoms with E-state index in [2.05, 4.69) is 36.4 Å². The summed E-state index contributed by atoms with van der Waals surface area (Å²) in [6.07, 6.45) is 4.46. The van der Waals surface area contributed by atoms with E-state index in [1.807, 2.05) is 54.6 Å².